The van der Waals surface area contributed by atoms with Crippen molar-refractivity contribution in [3.63, 3.8) is 0 Å². The highest BCUT2D eigenvalue weighted by Gasteiger charge is 2.12. The smallest absolute Gasteiger partial charge is 0.255 e. The van der Waals surface area contributed by atoms with E-state index < -0.39 is 0 Å². The summed E-state index contributed by atoms with van der Waals surface area (Å²) in [6.07, 6.45) is 1.80. The average molecular weight is 543 g/mol. The van der Waals surface area contributed by atoms with E-state index in [1.807, 2.05) is 61.5 Å². The lowest BCUT2D eigenvalue weighted by atomic mass is 9.99. The summed E-state index contributed by atoms with van der Waals surface area (Å²) in [6, 6.07) is 27.4. The summed E-state index contributed by atoms with van der Waals surface area (Å²) >= 11 is 6.20. The number of rotatable bonds is 7. The summed E-state index contributed by atoms with van der Waals surface area (Å²) in [4.78, 5) is 23.9. The molecule has 0 saturated carbocycles. The van der Waals surface area contributed by atoms with Gasteiger partial charge in [-0.25, -0.2) is 0 Å². The fourth-order valence-corrected chi connectivity index (χ4v) is 3.91. The molecule has 0 aliphatic rings. The Bertz CT molecular complexity index is 1480. The number of nitrogens with one attached hydrogen (secondary N) is 1. The lowest BCUT2D eigenvalue weighted by Gasteiger charge is -2.10. The SMILES string of the molecule is COc1ccc(/C=C(/C(C)=O)c2ccccc2Cl)cc1OC.Cc1ccc(C(=O)Nc2ccccc2N)cc1. The first-order valence-corrected chi connectivity index (χ1v) is 12.5. The number of methoxy groups -OCH3 is 2. The second-order valence-corrected chi connectivity index (χ2v) is 9.02. The molecule has 0 aliphatic carbocycles. The summed E-state index contributed by atoms with van der Waals surface area (Å²) in [5.41, 5.74) is 10.8. The quantitative estimate of drug-likeness (QED) is 0.145. The maximum absolute atomic E-state index is 12.0. The number of benzene rings is 4. The van der Waals surface area contributed by atoms with Crippen molar-refractivity contribution in [3.05, 3.63) is 118 Å². The number of halogens is 1. The number of aryl methyl sites for hydroxylation is 1. The highest BCUT2D eigenvalue weighted by molar-refractivity contribution is 6.36. The van der Waals surface area contributed by atoms with Crippen LogP contribution in [0.1, 0.15) is 34.0 Å². The van der Waals surface area contributed by atoms with Crippen molar-refractivity contribution < 1.29 is 19.1 Å². The van der Waals surface area contributed by atoms with Gasteiger partial charge in [-0.3, -0.25) is 9.59 Å². The lowest BCUT2D eigenvalue weighted by Crippen LogP contribution is -2.12. The number of carbonyl (C=O) groups excluding carboxylic acids is 2. The van der Waals surface area contributed by atoms with Crippen molar-refractivity contribution in [2.45, 2.75) is 13.8 Å². The zero-order valence-electron chi connectivity index (χ0n) is 22.3. The van der Waals surface area contributed by atoms with E-state index >= 15 is 0 Å². The molecular formula is C32H31ClN2O4. The van der Waals surface area contributed by atoms with Gasteiger partial charge in [-0.2, -0.15) is 0 Å². The monoisotopic (exact) mass is 542 g/mol. The summed E-state index contributed by atoms with van der Waals surface area (Å²) in [5, 5.41) is 3.33. The van der Waals surface area contributed by atoms with Crippen molar-refractivity contribution in [2.75, 3.05) is 25.3 Å². The Morgan fingerprint density at radius 1 is 0.846 bits per heavy atom. The third-order valence-electron chi connectivity index (χ3n) is 5.78. The highest BCUT2D eigenvalue weighted by atomic mass is 35.5. The first kappa shape index (κ1) is 29.0. The minimum Gasteiger partial charge on any atom is -0.493 e. The Morgan fingerprint density at radius 3 is 2.10 bits per heavy atom. The number of amides is 1. The van der Waals surface area contributed by atoms with Crippen LogP contribution in [0.15, 0.2) is 91.0 Å². The van der Waals surface area contributed by atoms with Crippen LogP contribution in [0.4, 0.5) is 11.4 Å². The molecule has 0 atom stereocenters. The fraction of sp³-hybridized carbons (Fsp3) is 0.125. The van der Waals surface area contributed by atoms with E-state index in [4.69, 9.17) is 26.8 Å². The normalized spacial score (nSPS) is 10.6. The number of allylic oxidation sites excluding steroid dienone is 1. The second-order valence-electron chi connectivity index (χ2n) is 8.62. The topological polar surface area (TPSA) is 90.6 Å². The number of carbonyl (C=O) groups is 2. The molecule has 4 aromatic carbocycles. The largest absolute Gasteiger partial charge is 0.493 e. The molecule has 4 rings (SSSR count). The second kappa shape index (κ2) is 13.8. The first-order chi connectivity index (χ1) is 18.7. The lowest BCUT2D eigenvalue weighted by molar-refractivity contribution is -0.111. The third-order valence-corrected chi connectivity index (χ3v) is 6.11. The van der Waals surface area contributed by atoms with E-state index in [1.165, 1.54) is 6.92 Å². The van der Waals surface area contributed by atoms with E-state index in [9.17, 15) is 9.59 Å². The number of ether oxygens (including phenoxy) is 2. The van der Waals surface area contributed by atoms with Crippen molar-refractivity contribution >= 4 is 46.3 Å². The average Bonchev–Trinajstić information content (AvgIpc) is 2.94. The first-order valence-electron chi connectivity index (χ1n) is 12.2. The molecule has 0 fully saturated rings. The molecule has 4 aromatic rings. The third kappa shape index (κ3) is 7.97. The van der Waals surface area contributed by atoms with Gasteiger partial charge in [0.05, 0.1) is 25.6 Å². The molecular weight excluding hydrogens is 512 g/mol. The fourth-order valence-electron chi connectivity index (χ4n) is 3.67. The summed E-state index contributed by atoms with van der Waals surface area (Å²) < 4.78 is 10.5. The Hall–Kier alpha value is -4.55. The predicted molar refractivity (Wildman–Crippen MR) is 160 cm³/mol. The van der Waals surface area contributed by atoms with E-state index in [1.54, 1.807) is 56.7 Å². The molecule has 0 aromatic heterocycles. The summed E-state index contributed by atoms with van der Waals surface area (Å²) in [7, 11) is 3.16. The van der Waals surface area contributed by atoms with Crippen LogP contribution in [0.5, 0.6) is 11.5 Å². The van der Waals surface area contributed by atoms with Crippen molar-refractivity contribution in [1.29, 1.82) is 0 Å². The molecule has 39 heavy (non-hydrogen) atoms. The van der Waals surface area contributed by atoms with Gasteiger partial charge in [0, 0.05) is 21.7 Å². The zero-order chi connectivity index (χ0) is 28.4. The predicted octanol–water partition coefficient (Wildman–Crippen LogP) is 7.32. The summed E-state index contributed by atoms with van der Waals surface area (Å²) in [6.45, 7) is 3.51. The number of ketones is 1. The molecule has 0 aliphatic heterocycles. The Kier molecular flexibility index (Phi) is 10.3. The van der Waals surface area contributed by atoms with Gasteiger partial charge < -0.3 is 20.5 Å². The molecule has 0 spiro atoms. The van der Waals surface area contributed by atoms with Crippen LogP contribution in [0.2, 0.25) is 5.02 Å². The zero-order valence-corrected chi connectivity index (χ0v) is 23.1. The molecule has 7 heteroatoms. The van der Waals surface area contributed by atoms with Crippen LogP contribution < -0.4 is 20.5 Å². The van der Waals surface area contributed by atoms with Gasteiger partial charge in [-0.05, 0) is 68.0 Å². The number of hydrogen-bond acceptors (Lipinski definition) is 5. The molecule has 0 bridgehead atoms. The number of nitrogens with two attached hydrogens (primary N) is 1. The molecule has 6 nitrogen and oxygen atoms in total. The van der Waals surface area contributed by atoms with Crippen molar-refractivity contribution in [1.82, 2.24) is 0 Å². The molecule has 0 unspecified atom stereocenters. The Balaban J connectivity index is 0.000000223. The van der Waals surface area contributed by atoms with Gasteiger partial charge >= 0.3 is 0 Å². The van der Waals surface area contributed by atoms with E-state index in [0.29, 0.717) is 44.6 Å². The molecule has 0 radical (unpaired) electrons. The standard InChI is InChI=1S/C18H17ClO3.C14H14N2O/c1-12(20)15(14-6-4-5-7-16(14)19)10-13-8-9-17(21-2)18(11-13)22-3;1-10-6-8-11(9-7-10)14(17)16-13-5-3-2-4-12(13)15/h4-11H,1-3H3;2-9H,15H2,1H3,(H,16,17)/b15-10-;. The minimum absolute atomic E-state index is 0.0529. The van der Waals surface area contributed by atoms with Crippen LogP contribution in [0.3, 0.4) is 0 Å². The summed E-state index contributed by atoms with van der Waals surface area (Å²) in [5.74, 6) is 1.05. The van der Waals surface area contributed by atoms with Gasteiger partial charge in [0.1, 0.15) is 0 Å². The number of hydrogen-bond donors (Lipinski definition) is 2. The number of Topliss-reactive ketones (excluding diaryl/α,β-unsaturated/α-hetero) is 1. The van der Waals surface area contributed by atoms with Crippen molar-refractivity contribution in [3.8, 4) is 11.5 Å². The molecule has 1 amide bonds. The maximum Gasteiger partial charge on any atom is 0.255 e. The van der Waals surface area contributed by atoms with Crippen LogP contribution >= 0.6 is 11.6 Å². The van der Waals surface area contributed by atoms with E-state index in [0.717, 1.165) is 11.1 Å². The van der Waals surface area contributed by atoms with Crippen LogP contribution in [-0.4, -0.2) is 25.9 Å². The van der Waals surface area contributed by atoms with Gasteiger partial charge in [0.25, 0.3) is 5.91 Å². The van der Waals surface area contributed by atoms with Gasteiger partial charge in [0.2, 0.25) is 0 Å². The molecule has 3 N–H and O–H groups in total. The number of nitrogen functional groups attached to an aromatic ring is 1. The van der Waals surface area contributed by atoms with E-state index in [-0.39, 0.29) is 11.7 Å². The van der Waals surface area contributed by atoms with Gasteiger partial charge in [-0.15, -0.1) is 0 Å². The number of para-hydroxylation sites is 2. The Morgan fingerprint density at radius 2 is 1.49 bits per heavy atom. The molecule has 200 valence electrons. The van der Waals surface area contributed by atoms with Gasteiger partial charge in [0.15, 0.2) is 17.3 Å². The highest BCUT2D eigenvalue weighted by Crippen LogP contribution is 2.31. The molecule has 0 saturated heterocycles. The molecule has 0 heterocycles. The van der Waals surface area contributed by atoms with Crippen LogP contribution in [0.25, 0.3) is 11.6 Å². The van der Waals surface area contributed by atoms with Crippen LogP contribution in [-0.2, 0) is 4.79 Å². The minimum atomic E-state index is -0.150. The number of anilines is 2. The van der Waals surface area contributed by atoms with E-state index in [2.05, 4.69) is 5.32 Å². The van der Waals surface area contributed by atoms with Crippen molar-refractivity contribution in [2.24, 2.45) is 0 Å². The maximum atomic E-state index is 12.0. The van der Waals surface area contributed by atoms with Gasteiger partial charge in [-0.1, -0.05) is 65.7 Å². The Labute approximate surface area is 234 Å². The van der Waals surface area contributed by atoms with Crippen LogP contribution in [0, 0.1) is 6.92 Å².